The Kier molecular flexibility index (Phi) is 14.6. The lowest BCUT2D eigenvalue weighted by Gasteiger charge is -2.05. The average Bonchev–Trinajstić information content (AvgIpc) is 2.43. The van der Waals surface area contributed by atoms with Gasteiger partial charge < -0.3 is 4.90 Å². The molecule has 0 fully saturated rings. The highest BCUT2D eigenvalue weighted by Crippen LogP contribution is 2.11. The molecule has 0 aliphatic rings. The third-order valence-corrected chi connectivity index (χ3v) is 3.46. The van der Waals surface area contributed by atoms with Gasteiger partial charge in [-0.05, 0) is 12.8 Å². The van der Waals surface area contributed by atoms with Gasteiger partial charge in [0.15, 0.2) is 0 Å². The molecule has 2 heteroatoms. The van der Waals surface area contributed by atoms with E-state index in [2.05, 4.69) is 19.1 Å². The lowest BCUT2D eigenvalue weighted by Crippen LogP contribution is -2.14. The van der Waals surface area contributed by atoms with Gasteiger partial charge in [0.25, 0.3) is 0 Å². The summed E-state index contributed by atoms with van der Waals surface area (Å²) in [6.07, 6.45) is 20.2. The van der Waals surface area contributed by atoms with E-state index in [-0.39, 0.29) is 0 Å². The van der Waals surface area contributed by atoms with E-state index in [1.807, 2.05) is 0 Å². The average molecular weight is 267 g/mol. The smallest absolute Gasteiger partial charge is 0.209 e. The van der Waals surface area contributed by atoms with Gasteiger partial charge in [-0.3, -0.25) is 4.79 Å². The Labute approximate surface area is 120 Å². The number of hydrogen-bond donors (Lipinski definition) is 0. The van der Waals surface area contributed by atoms with Crippen LogP contribution in [-0.2, 0) is 4.79 Å². The molecular formula is C17H33NO. The summed E-state index contributed by atoms with van der Waals surface area (Å²) >= 11 is 0. The van der Waals surface area contributed by atoms with Crippen molar-refractivity contribution in [1.82, 2.24) is 4.90 Å². The predicted molar refractivity (Wildman–Crippen MR) is 84.3 cm³/mol. The molecule has 0 aliphatic carbocycles. The number of amides is 1. The summed E-state index contributed by atoms with van der Waals surface area (Å²) in [7, 11) is 1.80. The standard InChI is InChI=1S/C17H33NO/c1-3-4-5-6-7-8-9-10-11-12-13-14-15-16-18(2)17-19/h14-15,17H,3-13,16H2,1-2H3/b15-14+. The summed E-state index contributed by atoms with van der Waals surface area (Å²) in [6.45, 7) is 3.01. The van der Waals surface area contributed by atoms with Crippen molar-refractivity contribution in [3.8, 4) is 0 Å². The van der Waals surface area contributed by atoms with Crippen LogP contribution in [0.4, 0.5) is 0 Å². The third kappa shape index (κ3) is 15.2. The maximum Gasteiger partial charge on any atom is 0.209 e. The molecule has 0 spiro atoms. The summed E-state index contributed by atoms with van der Waals surface area (Å²) in [5.74, 6) is 0. The molecule has 0 aliphatic heterocycles. The van der Waals surface area contributed by atoms with Crippen molar-refractivity contribution < 1.29 is 4.79 Å². The molecule has 0 saturated carbocycles. The highest BCUT2D eigenvalue weighted by molar-refractivity contribution is 5.46. The van der Waals surface area contributed by atoms with Crippen molar-refractivity contribution in [2.24, 2.45) is 0 Å². The number of nitrogens with zero attached hydrogens (tertiary/aromatic N) is 1. The van der Waals surface area contributed by atoms with Crippen LogP contribution in [0, 0.1) is 0 Å². The Morgan fingerprint density at radius 1 is 0.789 bits per heavy atom. The molecule has 1 amide bonds. The fraction of sp³-hybridized carbons (Fsp3) is 0.824. The van der Waals surface area contributed by atoms with Crippen LogP contribution >= 0.6 is 0 Å². The molecule has 2 nitrogen and oxygen atoms in total. The summed E-state index contributed by atoms with van der Waals surface area (Å²) in [5.41, 5.74) is 0. The van der Waals surface area contributed by atoms with Crippen LogP contribution in [0.1, 0.15) is 77.6 Å². The number of carbonyl (C=O) groups excluding carboxylic acids is 1. The Bertz CT molecular complexity index is 213. The molecule has 0 aromatic heterocycles. The van der Waals surface area contributed by atoms with Crippen LogP contribution in [-0.4, -0.2) is 24.9 Å². The van der Waals surface area contributed by atoms with Crippen LogP contribution in [0.5, 0.6) is 0 Å². The molecule has 0 N–H and O–H groups in total. The minimum Gasteiger partial charge on any atom is -0.345 e. The molecule has 112 valence electrons. The lowest BCUT2D eigenvalue weighted by molar-refractivity contribution is -0.116. The molecular weight excluding hydrogens is 234 g/mol. The Morgan fingerprint density at radius 2 is 1.32 bits per heavy atom. The molecule has 0 bridgehead atoms. The number of hydrogen-bond acceptors (Lipinski definition) is 1. The quantitative estimate of drug-likeness (QED) is 0.248. The summed E-state index contributed by atoms with van der Waals surface area (Å²) in [4.78, 5) is 12.0. The topological polar surface area (TPSA) is 20.3 Å². The molecule has 0 aromatic rings. The van der Waals surface area contributed by atoms with E-state index in [9.17, 15) is 4.79 Å². The van der Waals surface area contributed by atoms with Gasteiger partial charge in [0.05, 0.1) is 0 Å². The summed E-state index contributed by atoms with van der Waals surface area (Å²) in [6, 6.07) is 0. The van der Waals surface area contributed by atoms with Gasteiger partial charge in [-0.15, -0.1) is 0 Å². The van der Waals surface area contributed by atoms with E-state index in [0.29, 0.717) is 0 Å². The van der Waals surface area contributed by atoms with Gasteiger partial charge in [-0.25, -0.2) is 0 Å². The molecule has 0 heterocycles. The Balaban J connectivity index is 3.08. The van der Waals surface area contributed by atoms with Gasteiger partial charge in [0.2, 0.25) is 6.41 Å². The van der Waals surface area contributed by atoms with E-state index in [1.54, 1.807) is 11.9 Å². The first-order chi connectivity index (χ1) is 9.31. The van der Waals surface area contributed by atoms with Gasteiger partial charge in [0, 0.05) is 13.6 Å². The molecule has 0 unspecified atom stereocenters. The van der Waals surface area contributed by atoms with Crippen molar-refractivity contribution in [2.75, 3.05) is 13.6 Å². The number of likely N-dealkylation sites (N-methyl/N-ethyl adjacent to an activating group) is 1. The van der Waals surface area contributed by atoms with Crippen molar-refractivity contribution in [3.63, 3.8) is 0 Å². The monoisotopic (exact) mass is 267 g/mol. The second kappa shape index (κ2) is 15.3. The summed E-state index contributed by atoms with van der Waals surface area (Å²) < 4.78 is 0. The molecule has 0 aromatic carbocycles. The normalized spacial score (nSPS) is 11.1. The second-order valence-corrected chi connectivity index (χ2v) is 5.49. The molecule has 0 atom stereocenters. The van der Waals surface area contributed by atoms with E-state index >= 15 is 0 Å². The van der Waals surface area contributed by atoms with Gasteiger partial charge in [-0.1, -0.05) is 76.9 Å². The van der Waals surface area contributed by atoms with Crippen LogP contribution in [0.25, 0.3) is 0 Å². The zero-order chi connectivity index (χ0) is 14.2. The van der Waals surface area contributed by atoms with E-state index in [4.69, 9.17) is 0 Å². The van der Waals surface area contributed by atoms with Crippen LogP contribution in [0.2, 0.25) is 0 Å². The highest BCUT2D eigenvalue weighted by atomic mass is 16.1. The molecule has 0 rings (SSSR count). The number of rotatable bonds is 14. The van der Waals surface area contributed by atoms with Crippen molar-refractivity contribution in [2.45, 2.75) is 77.6 Å². The fourth-order valence-electron chi connectivity index (χ4n) is 2.15. The van der Waals surface area contributed by atoms with Crippen molar-refractivity contribution >= 4 is 6.41 Å². The fourth-order valence-corrected chi connectivity index (χ4v) is 2.15. The van der Waals surface area contributed by atoms with Crippen LogP contribution in [0.3, 0.4) is 0 Å². The largest absolute Gasteiger partial charge is 0.345 e. The maximum absolute atomic E-state index is 10.3. The first-order valence-corrected chi connectivity index (χ1v) is 8.11. The van der Waals surface area contributed by atoms with Crippen LogP contribution < -0.4 is 0 Å². The van der Waals surface area contributed by atoms with E-state index in [1.165, 1.54) is 64.2 Å². The maximum atomic E-state index is 10.3. The molecule has 19 heavy (non-hydrogen) atoms. The second-order valence-electron chi connectivity index (χ2n) is 5.49. The predicted octanol–water partition coefficient (Wildman–Crippen LogP) is 4.94. The van der Waals surface area contributed by atoms with E-state index < -0.39 is 0 Å². The highest BCUT2D eigenvalue weighted by Gasteiger charge is 1.92. The van der Waals surface area contributed by atoms with Crippen molar-refractivity contribution in [1.29, 1.82) is 0 Å². The molecule has 0 radical (unpaired) electrons. The first kappa shape index (κ1) is 18.2. The van der Waals surface area contributed by atoms with Crippen molar-refractivity contribution in [3.05, 3.63) is 12.2 Å². The lowest BCUT2D eigenvalue weighted by atomic mass is 10.1. The van der Waals surface area contributed by atoms with Gasteiger partial charge in [0.1, 0.15) is 0 Å². The van der Waals surface area contributed by atoms with Crippen LogP contribution in [0.15, 0.2) is 12.2 Å². The Hall–Kier alpha value is -0.790. The number of carbonyl (C=O) groups is 1. The van der Waals surface area contributed by atoms with E-state index in [0.717, 1.165) is 19.4 Å². The number of allylic oxidation sites excluding steroid dienone is 1. The SMILES string of the molecule is CCCCCCCCCCCC/C=C/CN(C)C=O. The summed E-state index contributed by atoms with van der Waals surface area (Å²) in [5, 5.41) is 0. The minimum atomic E-state index is 0.737. The molecule has 0 saturated heterocycles. The zero-order valence-corrected chi connectivity index (χ0v) is 13.1. The van der Waals surface area contributed by atoms with Gasteiger partial charge >= 0.3 is 0 Å². The first-order valence-electron chi connectivity index (χ1n) is 8.11. The van der Waals surface area contributed by atoms with Gasteiger partial charge in [-0.2, -0.15) is 0 Å². The Morgan fingerprint density at radius 3 is 1.84 bits per heavy atom. The third-order valence-electron chi connectivity index (χ3n) is 3.46. The zero-order valence-electron chi connectivity index (χ0n) is 13.1. The minimum absolute atomic E-state index is 0.737. The number of unbranched alkanes of at least 4 members (excludes halogenated alkanes) is 10.